The molecule has 0 amide bonds. The van der Waals surface area contributed by atoms with Gasteiger partial charge in [0.05, 0.1) is 0 Å². The molecule has 0 aliphatic carbocycles. The second-order valence-corrected chi connectivity index (χ2v) is 3.76. The van der Waals surface area contributed by atoms with E-state index < -0.39 is 0 Å². The van der Waals surface area contributed by atoms with Crippen molar-refractivity contribution in [3.05, 3.63) is 34.9 Å². The minimum atomic E-state index is 0.214. The zero-order chi connectivity index (χ0) is 9.84. The number of nitrogens with two attached hydrogens (primary N) is 1. The molecule has 13 heavy (non-hydrogen) atoms. The first kappa shape index (κ1) is 10.3. The Morgan fingerprint density at radius 3 is 2.54 bits per heavy atom. The van der Waals surface area contributed by atoms with Crippen LogP contribution in [-0.2, 0) is 0 Å². The van der Waals surface area contributed by atoms with Gasteiger partial charge < -0.3 is 5.73 Å². The molecule has 0 saturated carbocycles. The first-order valence-electron chi connectivity index (χ1n) is 4.98. The van der Waals surface area contributed by atoms with Gasteiger partial charge in [0.1, 0.15) is 0 Å². The van der Waals surface area contributed by atoms with Crippen molar-refractivity contribution in [2.45, 2.75) is 39.7 Å². The molecule has 1 aromatic carbocycles. The van der Waals surface area contributed by atoms with Gasteiger partial charge in [0.15, 0.2) is 0 Å². The number of aryl methyl sites for hydroxylation is 2. The molecule has 2 N–H and O–H groups in total. The van der Waals surface area contributed by atoms with E-state index in [0.29, 0.717) is 0 Å². The van der Waals surface area contributed by atoms with Crippen LogP contribution in [0.1, 0.15) is 42.5 Å². The molecule has 0 bridgehead atoms. The zero-order valence-corrected chi connectivity index (χ0v) is 8.80. The monoisotopic (exact) mass is 177 g/mol. The number of hydrogen-bond donors (Lipinski definition) is 1. The van der Waals surface area contributed by atoms with Crippen LogP contribution in [0.3, 0.4) is 0 Å². The molecule has 1 heteroatoms. The fourth-order valence-electron chi connectivity index (χ4n) is 1.71. The van der Waals surface area contributed by atoms with Crippen LogP contribution in [0.25, 0.3) is 0 Å². The molecule has 0 fully saturated rings. The average molecular weight is 177 g/mol. The molecule has 1 nitrogen and oxygen atoms in total. The molecule has 1 aromatic rings. The molecule has 0 spiro atoms. The highest BCUT2D eigenvalue weighted by Gasteiger charge is 2.06. The first-order valence-corrected chi connectivity index (χ1v) is 4.98. The van der Waals surface area contributed by atoms with E-state index >= 15 is 0 Å². The molecule has 0 radical (unpaired) electrons. The lowest BCUT2D eigenvalue weighted by atomic mass is 9.97. The van der Waals surface area contributed by atoms with E-state index in [1.54, 1.807) is 0 Å². The second-order valence-electron chi connectivity index (χ2n) is 3.76. The SMILES string of the molecule is CCC[C@H](N)c1ccc(C)cc1C. The van der Waals surface area contributed by atoms with Gasteiger partial charge in [-0.3, -0.25) is 0 Å². The third-order valence-electron chi connectivity index (χ3n) is 2.42. The molecule has 1 rings (SSSR count). The van der Waals surface area contributed by atoms with Crippen LogP contribution < -0.4 is 5.73 Å². The minimum Gasteiger partial charge on any atom is -0.324 e. The summed E-state index contributed by atoms with van der Waals surface area (Å²) in [5.41, 5.74) is 9.99. The van der Waals surface area contributed by atoms with Gasteiger partial charge in [-0.1, -0.05) is 37.1 Å². The molecule has 0 heterocycles. The van der Waals surface area contributed by atoms with Crippen molar-refractivity contribution in [3.63, 3.8) is 0 Å². The van der Waals surface area contributed by atoms with Crippen molar-refractivity contribution in [2.24, 2.45) is 5.73 Å². The Kier molecular flexibility index (Phi) is 3.49. The normalized spacial score (nSPS) is 12.9. The highest BCUT2D eigenvalue weighted by molar-refractivity contribution is 5.32. The maximum atomic E-state index is 6.06. The molecule has 0 saturated heterocycles. The summed E-state index contributed by atoms with van der Waals surface area (Å²) in [6, 6.07) is 6.71. The Morgan fingerprint density at radius 2 is 2.00 bits per heavy atom. The number of hydrogen-bond acceptors (Lipinski definition) is 1. The van der Waals surface area contributed by atoms with Crippen LogP contribution in [0.2, 0.25) is 0 Å². The van der Waals surface area contributed by atoms with Gasteiger partial charge >= 0.3 is 0 Å². The lowest BCUT2D eigenvalue weighted by Crippen LogP contribution is -2.11. The largest absolute Gasteiger partial charge is 0.324 e. The summed E-state index contributed by atoms with van der Waals surface area (Å²) in [4.78, 5) is 0. The van der Waals surface area contributed by atoms with Crippen LogP contribution in [0.15, 0.2) is 18.2 Å². The van der Waals surface area contributed by atoms with Crippen molar-refractivity contribution in [3.8, 4) is 0 Å². The standard InChI is InChI=1S/C12H19N/c1-4-5-12(13)11-7-6-9(2)8-10(11)3/h6-8,12H,4-5,13H2,1-3H3/t12-/m0/s1. The quantitative estimate of drug-likeness (QED) is 0.754. The maximum absolute atomic E-state index is 6.06. The Bertz CT molecular complexity index is 278. The molecule has 0 unspecified atom stereocenters. The number of rotatable bonds is 3. The van der Waals surface area contributed by atoms with E-state index in [1.165, 1.54) is 16.7 Å². The van der Waals surface area contributed by atoms with Crippen LogP contribution in [0.4, 0.5) is 0 Å². The Morgan fingerprint density at radius 1 is 1.31 bits per heavy atom. The van der Waals surface area contributed by atoms with E-state index in [2.05, 4.69) is 39.0 Å². The molecular formula is C12H19N. The van der Waals surface area contributed by atoms with Gasteiger partial charge in [-0.2, -0.15) is 0 Å². The average Bonchev–Trinajstić information content (AvgIpc) is 2.04. The van der Waals surface area contributed by atoms with Crippen LogP contribution in [-0.4, -0.2) is 0 Å². The Balaban J connectivity index is 2.88. The third-order valence-corrected chi connectivity index (χ3v) is 2.42. The topological polar surface area (TPSA) is 26.0 Å². The van der Waals surface area contributed by atoms with Crippen molar-refractivity contribution in [1.82, 2.24) is 0 Å². The summed E-state index contributed by atoms with van der Waals surface area (Å²) >= 11 is 0. The van der Waals surface area contributed by atoms with Gasteiger partial charge in [0.25, 0.3) is 0 Å². The predicted octanol–water partition coefficient (Wildman–Crippen LogP) is 3.10. The van der Waals surface area contributed by atoms with Crippen LogP contribution >= 0.6 is 0 Å². The van der Waals surface area contributed by atoms with Crippen LogP contribution in [0, 0.1) is 13.8 Å². The van der Waals surface area contributed by atoms with Crippen molar-refractivity contribution >= 4 is 0 Å². The lowest BCUT2D eigenvalue weighted by Gasteiger charge is -2.14. The van der Waals surface area contributed by atoms with E-state index in [0.717, 1.165) is 12.8 Å². The minimum absolute atomic E-state index is 0.214. The Hall–Kier alpha value is -0.820. The van der Waals surface area contributed by atoms with Crippen LogP contribution in [0.5, 0.6) is 0 Å². The molecule has 72 valence electrons. The molecule has 0 aliphatic rings. The highest BCUT2D eigenvalue weighted by atomic mass is 14.6. The smallest absolute Gasteiger partial charge is 0.0297 e. The first-order chi connectivity index (χ1) is 6.15. The summed E-state index contributed by atoms with van der Waals surface area (Å²) in [5, 5.41) is 0. The Labute approximate surface area is 81.0 Å². The highest BCUT2D eigenvalue weighted by Crippen LogP contribution is 2.20. The summed E-state index contributed by atoms with van der Waals surface area (Å²) in [7, 11) is 0. The van der Waals surface area contributed by atoms with Crippen molar-refractivity contribution < 1.29 is 0 Å². The van der Waals surface area contributed by atoms with Gasteiger partial charge in [0, 0.05) is 6.04 Å². The van der Waals surface area contributed by atoms with Gasteiger partial charge in [0.2, 0.25) is 0 Å². The summed E-state index contributed by atoms with van der Waals surface area (Å²) in [6.45, 7) is 6.42. The van der Waals surface area contributed by atoms with Crippen molar-refractivity contribution in [2.75, 3.05) is 0 Å². The van der Waals surface area contributed by atoms with Gasteiger partial charge in [-0.05, 0) is 31.4 Å². The summed E-state index contributed by atoms with van der Waals surface area (Å²) in [6.07, 6.45) is 2.22. The number of benzene rings is 1. The lowest BCUT2D eigenvalue weighted by molar-refractivity contribution is 0.635. The van der Waals surface area contributed by atoms with E-state index in [9.17, 15) is 0 Å². The summed E-state index contributed by atoms with van der Waals surface area (Å²) in [5.74, 6) is 0. The van der Waals surface area contributed by atoms with E-state index in [-0.39, 0.29) is 6.04 Å². The van der Waals surface area contributed by atoms with E-state index in [1.807, 2.05) is 0 Å². The predicted molar refractivity (Wildman–Crippen MR) is 57.8 cm³/mol. The molecule has 1 atom stereocenters. The second kappa shape index (κ2) is 4.43. The molecule has 0 aliphatic heterocycles. The molecule has 0 aromatic heterocycles. The fraction of sp³-hybridized carbons (Fsp3) is 0.500. The van der Waals surface area contributed by atoms with Gasteiger partial charge in [-0.15, -0.1) is 0 Å². The third kappa shape index (κ3) is 2.56. The van der Waals surface area contributed by atoms with Gasteiger partial charge in [-0.25, -0.2) is 0 Å². The van der Waals surface area contributed by atoms with E-state index in [4.69, 9.17) is 5.73 Å². The molecular weight excluding hydrogens is 158 g/mol. The zero-order valence-electron chi connectivity index (χ0n) is 8.80. The maximum Gasteiger partial charge on any atom is 0.0297 e. The summed E-state index contributed by atoms with van der Waals surface area (Å²) < 4.78 is 0. The van der Waals surface area contributed by atoms with Crippen molar-refractivity contribution in [1.29, 1.82) is 0 Å². The fourth-order valence-corrected chi connectivity index (χ4v) is 1.71.